The number of nitrogens with one attached hydrogen (secondary N) is 1. The molecule has 6 heteroatoms. The lowest BCUT2D eigenvalue weighted by molar-refractivity contribution is -0.117. The zero-order valence-corrected chi connectivity index (χ0v) is 14.7. The molecule has 23 heavy (non-hydrogen) atoms. The fraction of sp³-hybridized carbons (Fsp3) is 0.588. The van der Waals surface area contributed by atoms with Gasteiger partial charge in [0.25, 0.3) is 0 Å². The van der Waals surface area contributed by atoms with Crippen molar-refractivity contribution in [1.29, 1.82) is 0 Å². The molecule has 2 rings (SSSR count). The molecular formula is C17H26N2O3S. The third kappa shape index (κ3) is 5.62. The maximum Gasteiger partial charge on any atom is 0.238 e. The summed E-state index contributed by atoms with van der Waals surface area (Å²) in [7, 11) is -2.94. The lowest BCUT2D eigenvalue weighted by Crippen LogP contribution is -2.42. The molecule has 0 saturated carbocycles. The van der Waals surface area contributed by atoms with Crippen LogP contribution in [0.1, 0.15) is 31.7 Å². The van der Waals surface area contributed by atoms with Gasteiger partial charge in [-0.1, -0.05) is 25.5 Å². The molecule has 0 aromatic heterocycles. The second kappa shape index (κ2) is 7.93. The second-order valence-corrected chi connectivity index (χ2v) is 8.53. The summed E-state index contributed by atoms with van der Waals surface area (Å²) in [5, 5.41) is 2.90. The van der Waals surface area contributed by atoms with E-state index in [0.717, 1.165) is 30.6 Å². The van der Waals surface area contributed by atoms with Gasteiger partial charge in [0.1, 0.15) is 0 Å². The van der Waals surface area contributed by atoms with Crippen molar-refractivity contribution >= 4 is 21.4 Å². The quantitative estimate of drug-likeness (QED) is 0.828. The number of hydrogen-bond acceptors (Lipinski definition) is 4. The van der Waals surface area contributed by atoms with Gasteiger partial charge in [0, 0.05) is 11.7 Å². The Morgan fingerprint density at radius 1 is 1.39 bits per heavy atom. The van der Waals surface area contributed by atoms with Crippen molar-refractivity contribution in [2.45, 2.75) is 39.2 Å². The van der Waals surface area contributed by atoms with Crippen LogP contribution in [0.4, 0.5) is 5.69 Å². The Balaban J connectivity index is 1.98. The number of aryl methyl sites for hydroxylation is 1. The van der Waals surface area contributed by atoms with Gasteiger partial charge in [-0.25, -0.2) is 8.42 Å². The number of nitrogens with zero attached hydrogens (tertiary/aromatic N) is 1. The first-order valence-electron chi connectivity index (χ1n) is 8.20. The molecule has 1 unspecified atom stereocenters. The maximum absolute atomic E-state index is 12.3. The zero-order chi connectivity index (χ0) is 16.9. The Hall–Kier alpha value is -1.40. The zero-order valence-electron chi connectivity index (χ0n) is 13.9. The van der Waals surface area contributed by atoms with E-state index in [2.05, 4.69) is 12.2 Å². The van der Waals surface area contributed by atoms with Crippen LogP contribution < -0.4 is 5.32 Å². The van der Waals surface area contributed by atoms with Gasteiger partial charge in [0.15, 0.2) is 9.84 Å². The number of benzene rings is 1. The molecular weight excluding hydrogens is 312 g/mol. The van der Waals surface area contributed by atoms with Crippen molar-refractivity contribution in [1.82, 2.24) is 4.90 Å². The van der Waals surface area contributed by atoms with Crippen molar-refractivity contribution in [3.63, 3.8) is 0 Å². The van der Waals surface area contributed by atoms with Gasteiger partial charge in [-0.3, -0.25) is 9.69 Å². The fourth-order valence-electron chi connectivity index (χ4n) is 2.92. The summed E-state index contributed by atoms with van der Waals surface area (Å²) in [6.45, 7) is 5.08. The molecule has 1 heterocycles. The Morgan fingerprint density at radius 2 is 2.17 bits per heavy atom. The van der Waals surface area contributed by atoms with Gasteiger partial charge >= 0.3 is 0 Å². The Kier molecular flexibility index (Phi) is 6.18. The maximum atomic E-state index is 12.3. The number of carbonyl (C=O) groups excluding carboxylic acids is 1. The molecule has 1 amide bonds. The van der Waals surface area contributed by atoms with E-state index in [1.54, 1.807) is 0 Å². The molecule has 1 atom stereocenters. The van der Waals surface area contributed by atoms with E-state index in [1.807, 2.05) is 36.1 Å². The topological polar surface area (TPSA) is 66.5 Å². The van der Waals surface area contributed by atoms with Gasteiger partial charge in [0.05, 0.1) is 18.1 Å². The first-order valence-corrected chi connectivity index (χ1v) is 10.0. The lowest BCUT2D eigenvalue weighted by atomic mass is 10.2. The SMILES string of the molecule is CCCCN(CC(=O)Nc1cccc(C)c1)C1CCS(=O)(=O)C1. The molecule has 1 aromatic carbocycles. The first kappa shape index (κ1) is 17.9. The standard InChI is InChI=1S/C17H26N2O3S/c1-3-4-9-19(16-8-10-23(21,22)13-16)12-17(20)18-15-7-5-6-14(2)11-15/h5-7,11,16H,3-4,8-10,12-13H2,1-2H3,(H,18,20). The molecule has 1 aromatic rings. The predicted octanol–water partition coefficient (Wildman–Crippen LogP) is 2.22. The number of carbonyl (C=O) groups is 1. The van der Waals surface area contributed by atoms with Gasteiger partial charge < -0.3 is 5.32 Å². The average molecular weight is 338 g/mol. The van der Waals surface area contributed by atoms with Gasteiger partial charge in [-0.05, 0) is 44.0 Å². The smallest absolute Gasteiger partial charge is 0.238 e. The highest BCUT2D eigenvalue weighted by molar-refractivity contribution is 7.91. The van der Waals surface area contributed by atoms with Crippen molar-refractivity contribution in [2.75, 3.05) is 29.9 Å². The molecule has 1 N–H and O–H groups in total. The van der Waals surface area contributed by atoms with E-state index in [1.165, 1.54) is 0 Å². The van der Waals surface area contributed by atoms with Crippen molar-refractivity contribution in [3.8, 4) is 0 Å². The third-order valence-corrected chi connectivity index (χ3v) is 5.92. The summed E-state index contributed by atoms with van der Waals surface area (Å²) in [5.41, 5.74) is 1.87. The van der Waals surface area contributed by atoms with Crippen molar-refractivity contribution < 1.29 is 13.2 Å². The first-order chi connectivity index (χ1) is 10.9. The van der Waals surface area contributed by atoms with Crippen LogP contribution >= 0.6 is 0 Å². The van der Waals surface area contributed by atoms with Gasteiger partial charge in [-0.2, -0.15) is 0 Å². The van der Waals surface area contributed by atoms with Crippen LogP contribution in [0.15, 0.2) is 24.3 Å². The summed E-state index contributed by atoms with van der Waals surface area (Å²) in [6.07, 6.45) is 2.62. The van der Waals surface area contributed by atoms with Gasteiger partial charge in [0.2, 0.25) is 5.91 Å². The molecule has 0 bridgehead atoms. The number of amides is 1. The summed E-state index contributed by atoms with van der Waals surface area (Å²) in [5.74, 6) is 0.324. The van der Waals surface area contributed by atoms with Crippen molar-refractivity contribution in [3.05, 3.63) is 29.8 Å². The van der Waals surface area contributed by atoms with E-state index in [9.17, 15) is 13.2 Å². The highest BCUT2D eigenvalue weighted by atomic mass is 32.2. The van der Waals surface area contributed by atoms with Gasteiger partial charge in [-0.15, -0.1) is 0 Å². The van der Waals surface area contributed by atoms with E-state index < -0.39 is 9.84 Å². The third-order valence-electron chi connectivity index (χ3n) is 4.17. The van der Waals surface area contributed by atoms with E-state index >= 15 is 0 Å². The monoisotopic (exact) mass is 338 g/mol. The van der Waals surface area contributed by atoms with Crippen LogP contribution in [0.5, 0.6) is 0 Å². The second-order valence-electron chi connectivity index (χ2n) is 6.30. The van der Waals surface area contributed by atoms with Crippen LogP contribution in [0.3, 0.4) is 0 Å². The molecule has 128 valence electrons. The molecule has 1 aliphatic heterocycles. The Bertz CT molecular complexity index is 643. The fourth-order valence-corrected chi connectivity index (χ4v) is 4.68. The normalized spacial score (nSPS) is 19.9. The predicted molar refractivity (Wildman–Crippen MR) is 93.3 cm³/mol. The molecule has 0 radical (unpaired) electrons. The minimum absolute atomic E-state index is 0.0326. The number of rotatable bonds is 7. The highest BCUT2D eigenvalue weighted by Gasteiger charge is 2.32. The van der Waals surface area contributed by atoms with Crippen LogP contribution in [-0.4, -0.2) is 49.9 Å². The van der Waals surface area contributed by atoms with E-state index in [0.29, 0.717) is 6.42 Å². The number of unbranched alkanes of at least 4 members (excludes halogenated alkanes) is 1. The van der Waals surface area contributed by atoms with Crippen LogP contribution in [0.2, 0.25) is 0 Å². The number of hydrogen-bond donors (Lipinski definition) is 1. The highest BCUT2D eigenvalue weighted by Crippen LogP contribution is 2.18. The molecule has 0 spiro atoms. The van der Waals surface area contributed by atoms with Crippen LogP contribution in [-0.2, 0) is 14.6 Å². The van der Waals surface area contributed by atoms with E-state index in [4.69, 9.17) is 0 Å². The number of anilines is 1. The Morgan fingerprint density at radius 3 is 2.78 bits per heavy atom. The van der Waals surface area contributed by atoms with Crippen LogP contribution in [0, 0.1) is 6.92 Å². The van der Waals surface area contributed by atoms with Crippen LogP contribution in [0.25, 0.3) is 0 Å². The van der Waals surface area contributed by atoms with Crippen molar-refractivity contribution in [2.24, 2.45) is 0 Å². The summed E-state index contributed by atoms with van der Waals surface area (Å²) in [6, 6.07) is 7.64. The summed E-state index contributed by atoms with van der Waals surface area (Å²) >= 11 is 0. The Labute approximate surface area is 139 Å². The lowest BCUT2D eigenvalue weighted by Gasteiger charge is -2.27. The largest absolute Gasteiger partial charge is 0.325 e. The molecule has 1 fully saturated rings. The summed E-state index contributed by atoms with van der Waals surface area (Å²) in [4.78, 5) is 14.3. The molecule has 1 saturated heterocycles. The minimum atomic E-state index is -2.94. The summed E-state index contributed by atoms with van der Waals surface area (Å²) < 4.78 is 23.4. The average Bonchev–Trinajstić information content (AvgIpc) is 2.83. The number of sulfone groups is 1. The molecule has 5 nitrogen and oxygen atoms in total. The molecule has 1 aliphatic rings. The minimum Gasteiger partial charge on any atom is -0.325 e. The van der Waals surface area contributed by atoms with E-state index in [-0.39, 0.29) is 30.0 Å². The molecule has 0 aliphatic carbocycles.